The van der Waals surface area contributed by atoms with Gasteiger partial charge in [0.05, 0.1) is 11.3 Å². The van der Waals surface area contributed by atoms with Crippen LogP contribution in [0, 0.1) is 5.82 Å². The Kier molecular flexibility index (Phi) is 7.27. The van der Waals surface area contributed by atoms with Gasteiger partial charge in [-0.25, -0.2) is 9.37 Å². The molecule has 0 spiro atoms. The van der Waals surface area contributed by atoms with Crippen LogP contribution in [0.1, 0.15) is 41.0 Å². The zero-order valence-corrected chi connectivity index (χ0v) is 17.2. The number of nitrogens with zero attached hydrogens (tertiary/aromatic N) is 2. The molecule has 3 rings (SSSR count). The minimum absolute atomic E-state index is 0.219. The van der Waals surface area contributed by atoms with Gasteiger partial charge in [0.2, 0.25) is 0 Å². The lowest BCUT2D eigenvalue weighted by atomic mass is 10.1. The Morgan fingerprint density at radius 3 is 2.67 bits per heavy atom. The highest BCUT2D eigenvalue weighted by Gasteiger charge is 2.13. The van der Waals surface area contributed by atoms with Crippen molar-refractivity contribution in [3.05, 3.63) is 94.7 Å². The Morgan fingerprint density at radius 1 is 1.10 bits per heavy atom. The first-order valence-corrected chi connectivity index (χ1v) is 9.82. The monoisotopic (exact) mass is 404 g/mol. The summed E-state index contributed by atoms with van der Waals surface area (Å²) in [7, 11) is 0. The van der Waals surface area contributed by atoms with E-state index in [9.17, 15) is 9.18 Å². The molecule has 154 valence electrons. The van der Waals surface area contributed by atoms with Gasteiger partial charge in [-0.1, -0.05) is 23.8 Å². The number of anilines is 1. The number of nitrogens with one attached hydrogen (secondary N) is 2. The number of hydrogen-bond acceptors (Lipinski definition) is 4. The Morgan fingerprint density at radius 2 is 1.93 bits per heavy atom. The highest BCUT2D eigenvalue weighted by Crippen LogP contribution is 2.16. The van der Waals surface area contributed by atoms with E-state index < -0.39 is 0 Å². The standard InChI is InChI=1S/C24H25FN4O/c1-17(2)13-21-8-9-22(24(30)28-16-19-6-4-11-26-15-19)23(29-21)27-12-10-18-5-3-7-20(25)14-18/h3-9,11,13-15H,10,12,16H2,1-2H3,(H,27,29)(H,28,30). The van der Waals surface area contributed by atoms with Crippen molar-refractivity contribution in [2.24, 2.45) is 0 Å². The lowest BCUT2D eigenvalue weighted by Gasteiger charge is -2.13. The van der Waals surface area contributed by atoms with E-state index in [1.807, 2.05) is 44.2 Å². The van der Waals surface area contributed by atoms with Crippen molar-refractivity contribution in [3.8, 4) is 0 Å². The zero-order chi connectivity index (χ0) is 21.3. The Labute approximate surface area is 176 Å². The van der Waals surface area contributed by atoms with Crippen molar-refractivity contribution in [2.45, 2.75) is 26.8 Å². The van der Waals surface area contributed by atoms with Gasteiger partial charge in [-0.05, 0) is 67.8 Å². The SMILES string of the molecule is CC(C)=Cc1ccc(C(=O)NCc2cccnc2)c(NCCc2cccc(F)c2)n1. The highest BCUT2D eigenvalue weighted by molar-refractivity contribution is 5.98. The van der Waals surface area contributed by atoms with Crippen molar-refractivity contribution < 1.29 is 9.18 Å². The van der Waals surface area contributed by atoms with Crippen LogP contribution in [0.25, 0.3) is 6.08 Å². The van der Waals surface area contributed by atoms with E-state index in [2.05, 4.69) is 20.6 Å². The molecule has 6 heteroatoms. The molecule has 5 nitrogen and oxygen atoms in total. The summed E-state index contributed by atoms with van der Waals surface area (Å²) in [6, 6.07) is 13.8. The maximum absolute atomic E-state index is 13.4. The van der Waals surface area contributed by atoms with Crippen molar-refractivity contribution in [2.75, 3.05) is 11.9 Å². The van der Waals surface area contributed by atoms with Crippen molar-refractivity contribution >= 4 is 17.8 Å². The molecule has 0 saturated carbocycles. The topological polar surface area (TPSA) is 66.9 Å². The third kappa shape index (κ3) is 6.24. The molecule has 1 amide bonds. The molecular formula is C24H25FN4O. The molecule has 2 N–H and O–H groups in total. The van der Waals surface area contributed by atoms with Gasteiger partial charge >= 0.3 is 0 Å². The third-order valence-electron chi connectivity index (χ3n) is 4.37. The van der Waals surface area contributed by atoms with E-state index in [0.717, 1.165) is 22.4 Å². The fourth-order valence-electron chi connectivity index (χ4n) is 2.97. The van der Waals surface area contributed by atoms with Gasteiger partial charge in [0.15, 0.2) is 0 Å². The van der Waals surface area contributed by atoms with E-state index in [-0.39, 0.29) is 11.7 Å². The van der Waals surface area contributed by atoms with Crippen LogP contribution in [0.2, 0.25) is 0 Å². The van der Waals surface area contributed by atoms with Crippen molar-refractivity contribution in [3.63, 3.8) is 0 Å². The summed E-state index contributed by atoms with van der Waals surface area (Å²) in [5, 5.41) is 6.15. The van der Waals surface area contributed by atoms with E-state index in [0.29, 0.717) is 30.9 Å². The number of aromatic nitrogens is 2. The first-order chi connectivity index (χ1) is 14.5. The van der Waals surface area contributed by atoms with Gasteiger partial charge in [-0.15, -0.1) is 0 Å². The van der Waals surface area contributed by atoms with Crippen LogP contribution in [0.15, 0.2) is 66.5 Å². The smallest absolute Gasteiger partial charge is 0.255 e. The largest absolute Gasteiger partial charge is 0.369 e. The molecule has 0 radical (unpaired) electrons. The van der Waals surface area contributed by atoms with E-state index >= 15 is 0 Å². The van der Waals surface area contributed by atoms with E-state index in [1.165, 1.54) is 12.1 Å². The van der Waals surface area contributed by atoms with Crippen LogP contribution in [-0.4, -0.2) is 22.4 Å². The Hall–Kier alpha value is -3.54. The maximum Gasteiger partial charge on any atom is 0.255 e. The number of amides is 1. The minimum atomic E-state index is -0.258. The summed E-state index contributed by atoms with van der Waals surface area (Å²) >= 11 is 0. The molecule has 3 aromatic rings. The molecule has 0 aliphatic heterocycles. The second-order valence-electron chi connectivity index (χ2n) is 7.20. The van der Waals surface area contributed by atoms with Crippen molar-refractivity contribution in [1.82, 2.24) is 15.3 Å². The molecular weight excluding hydrogens is 379 g/mol. The average molecular weight is 404 g/mol. The van der Waals surface area contributed by atoms with Gasteiger partial charge in [-0.2, -0.15) is 0 Å². The molecule has 2 aromatic heterocycles. The number of rotatable bonds is 8. The van der Waals surface area contributed by atoms with E-state index in [1.54, 1.807) is 24.5 Å². The Bertz CT molecular complexity index is 1030. The zero-order valence-electron chi connectivity index (χ0n) is 17.2. The molecule has 0 fully saturated rings. The second kappa shape index (κ2) is 10.3. The van der Waals surface area contributed by atoms with Gasteiger partial charge in [0.25, 0.3) is 5.91 Å². The summed E-state index contributed by atoms with van der Waals surface area (Å²) in [4.78, 5) is 21.4. The van der Waals surface area contributed by atoms with Gasteiger partial charge in [0.1, 0.15) is 11.6 Å². The van der Waals surface area contributed by atoms with Gasteiger partial charge in [-0.3, -0.25) is 9.78 Å². The summed E-state index contributed by atoms with van der Waals surface area (Å²) in [6.07, 6.45) is 5.98. The maximum atomic E-state index is 13.4. The summed E-state index contributed by atoms with van der Waals surface area (Å²) in [5.74, 6) is 0.0279. The van der Waals surface area contributed by atoms with Crippen LogP contribution in [0.5, 0.6) is 0 Å². The highest BCUT2D eigenvalue weighted by atomic mass is 19.1. The number of pyridine rings is 2. The number of hydrogen-bond donors (Lipinski definition) is 2. The molecule has 30 heavy (non-hydrogen) atoms. The van der Waals surface area contributed by atoms with Crippen LogP contribution in [0.3, 0.4) is 0 Å². The summed E-state index contributed by atoms with van der Waals surface area (Å²) in [5.41, 5.74) is 4.14. The first-order valence-electron chi connectivity index (χ1n) is 9.82. The fraction of sp³-hybridized carbons (Fsp3) is 0.208. The van der Waals surface area contributed by atoms with Crippen LogP contribution in [-0.2, 0) is 13.0 Å². The first kappa shape index (κ1) is 21.2. The van der Waals surface area contributed by atoms with E-state index in [4.69, 9.17) is 0 Å². The molecule has 0 bridgehead atoms. The molecule has 0 aliphatic rings. The third-order valence-corrected chi connectivity index (χ3v) is 4.37. The quantitative estimate of drug-likeness (QED) is 0.575. The number of halogens is 1. The Balaban J connectivity index is 1.73. The lowest BCUT2D eigenvalue weighted by molar-refractivity contribution is 0.0951. The number of allylic oxidation sites excluding steroid dienone is 1. The number of carbonyl (C=O) groups is 1. The molecule has 0 atom stereocenters. The fourth-order valence-corrected chi connectivity index (χ4v) is 2.97. The second-order valence-corrected chi connectivity index (χ2v) is 7.20. The van der Waals surface area contributed by atoms with Crippen LogP contribution >= 0.6 is 0 Å². The molecule has 2 heterocycles. The minimum Gasteiger partial charge on any atom is -0.369 e. The molecule has 0 aliphatic carbocycles. The predicted molar refractivity (Wildman–Crippen MR) is 118 cm³/mol. The summed E-state index contributed by atoms with van der Waals surface area (Å²) < 4.78 is 13.4. The normalized spacial score (nSPS) is 10.4. The van der Waals surface area contributed by atoms with Crippen molar-refractivity contribution in [1.29, 1.82) is 0 Å². The predicted octanol–water partition coefficient (Wildman–Crippen LogP) is 4.62. The number of carbonyl (C=O) groups excluding carboxylic acids is 1. The molecule has 0 unspecified atom stereocenters. The lowest BCUT2D eigenvalue weighted by Crippen LogP contribution is -2.25. The van der Waals surface area contributed by atoms with Crippen LogP contribution < -0.4 is 10.6 Å². The van der Waals surface area contributed by atoms with Crippen LogP contribution in [0.4, 0.5) is 10.2 Å². The van der Waals surface area contributed by atoms with Gasteiger partial charge in [0, 0.05) is 25.5 Å². The van der Waals surface area contributed by atoms with Gasteiger partial charge < -0.3 is 10.6 Å². The average Bonchev–Trinajstić information content (AvgIpc) is 2.73. The molecule has 0 saturated heterocycles. The molecule has 1 aromatic carbocycles. The number of benzene rings is 1. The summed E-state index contributed by atoms with van der Waals surface area (Å²) in [6.45, 7) is 4.89.